The van der Waals surface area contributed by atoms with Gasteiger partial charge in [-0.15, -0.1) is 12.8 Å². The summed E-state index contributed by atoms with van der Waals surface area (Å²) in [6, 6.07) is 4.74. The number of carbonyl (C=O) groups is 3. The zero-order valence-electron chi connectivity index (χ0n) is 18.8. The van der Waals surface area contributed by atoms with Crippen LogP contribution in [0.2, 0.25) is 0 Å². The number of rotatable bonds is 5. The van der Waals surface area contributed by atoms with E-state index in [-0.39, 0.29) is 30.2 Å². The van der Waals surface area contributed by atoms with Gasteiger partial charge in [-0.2, -0.15) is 0 Å². The van der Waals surface area contributed by atoms with Gasteiger partial charge in [0.1, 0.15) is 24.2 Å². The molecule has 31 heavy (non-hydrogen) atoms. The molecule has 0 aromatic heterocycles. The molecule has 2 aliphatic rings. The maximum absolute atomic E-state index is 12.8. The summed E-state index contributed by atoms with van der Waals surface area (Å²) in [5.41, 5.74) is 0. The fourth-order valence-corrected chi connectivity index (χ4v) is 2.76. The van der Waals surface area contributed by atoms with Crippen molar-refractivity contribution in [3.8, 4) is 18.6 Å². The zero-order valence-corrected chi connectivity index (χ0v) is 18.8. The molecule has 1 saturated carbocycles. The summed E-state index contributed by atoms with van der Waals surface area (Å²) >= 11 is 0. The van der Waals surface area contributed by atoms with Gasteiger partial charge in [-0.05, 0) is 49.9 Å². The molecule has 172 valence electrons. The summed E-state index contributed by atoms with van der Waals surface area (Å²) in [7, 11) is 0. The Kier molecular flexibility index (Phi) is 14.2. The van der Waals surface area contributed by atoms with E-state index in [0.717, 1.165) is 19.3 Å². The Hall–Kier alpha value is -3.08. The van der Waals surface area contributed by atoms with E-state index in [1.54, 1.807) is 0 Å². The second-order valence-corrected chi connectivity index (χ2v) is 6.23. The van der Waals surface area contributed by atoms with E-state index < -0.39 is 18.0 Å². The molecule has 2 fully saturated rings. The minimum absolute atomic E-state index is 0.123. The molecule has 1 aromatic rings. The number of benzene rings is 1. The minimum Gasteiger partial charge on any atom is -0.410 e. The highest BCUT2D eigenvalue weighted by molar-refractivity contribution is 5.90. The second kappa shape index (κ2) is 15.7. The molecule has 3 amide bonds. The van der Waals surface area contributed by atoms with E-state index in [0.29, 0.717) is 13.0 Å². The van der Waals surface area contributed by atoms with Gasteiger partial charge in [-0.25, -0.2) is 9.18 Å². The van der Waals surface area contributed by atoms with Crippen LogP contribution >= 0.6 is 0 Å². The molecule has 1 aromatic carbocycles. The minimum atomic E-state index is -0.807. The topological polar surface area (TPSA) is 87.7 Å². The average molecular weight is 436 g/mol. The molecule has 0 bridgehead atoms. The Morgan fingerprint density at radius 2 is 1.65 bits per heavy atom. The number of likely N-dealkylation sites (tertiary alicyclic amines) is 1. The van der Waals surface area contributed by atoms with Gasteiger partial charge in [0.2, 0.25) is 11.8 Å². The Bertz CT molecular complexity index is 703. The summed E-state index contributed by atoms with van der Waals surface area (Å²) in [6.45, 7) is 8.24. The molecule has 0 unspecified atom stereocenters. The van der Waals surface area contributed by atoms with Crippen molar-refractivity contribution in [1.82, 2.24) is 15.5 Å². The molecule has 7 nitrogen and oxygen atoms in total. The van der Waals surface area contributed by atoms with Crippen LogP contribution < -0.4 is 15.4 Å². The highest BCUT2D eigenvalue weighted by atomic mass is 19.1. The normalized spacial score (nSPS) is 16.1. The average Bonchev–Trinajstić information content (AvgIpc) is 3.48. The van der Waals surface area contributed by atoms with Crippen LogP contribution in [0.25, 0.3) is 0 Å². The number of amides is 3. The van der Waals surface area contributed by atoms with Crippen LogP contribution in [0.3, 0.4) is 0 Å². The summed E-state index contributed by atoms with van der Waals surface area (Å²) in [4.78, 5) is 37.7. The standard InChI is InChI=1S/C17H20FN3O4.2C2H6.C2H2/c18-11-3-7-13(8-4-11)25-17(24)19-10-15(22)21-9-1-2-14(21)16(23)20-12-5-6-12;3*1-2/h3-4,7-8,12,14H,1-2,5-6,9-10H2,(H,19,24)(H,20,23);2*1-2H3;1-2H/t14-;;;/m0.../s1. The van der Waals surface area contributed by atoms with Crippen LogP contribution in [0.1, 0.15) is 53.4 Å². The van der Waals surface area contributed by atoms with Crippen molar-refractivity contribution < 1.29 is 23.5 Å². The highest BCUT2D eigenvalue weighted by Gasteiger charge is 2.36. The third-order valence-corrected chi connectivity index (χ3v) is 4.21. The number of halogens is 1. The smallest absolute Gasteiger partial charge is 0.410 e. The van der Waals surface area contributed by atoms with Crippen molar-refractivity contribution in [3.05, 3.63) is 30.1 Å². The first-order valence-corrected chi connectivity index (χ1v) is 10.7. The lowest BCUT2D eigenvalue weighted by molar-refractivity contribution is -0.137. The quantitative estimate of drug-likeness (QED) is 0.693. The van der Waals surface area contributed by atoms with Gasteiger partial charge in [0.15, 0.2) is 0 Å². The monoisotopic (exact) mass is 435 g/mol. The maximum Gasteiger partial charge on any atom is 0.413 e. The number of carbonyl (C=O) groups excluding carboxylic acids is 3. The number of terminal acetylenes is 1. The van der Waals surface area contributed by atoms with Crippen LogP contribution in [0.4, 0.5) is 9.18 Å². The van der Waals surface area contributed by atoms with Crippen molar-refractivity contribution in [1.29, 1.82) is 0 Å². The second-order valence-electron chi connectivity index (χ2n) is 6.23. The molecule has 1 aliphatic heterocycles. The first kappa shape index (κ1) is 27.9. The largest absolute Gasteiger partial charge is 0.413 e. The van der Waals surface area contributed by atoms with E-state index in [1.165, 1.54) is 29.2 Å². The number of nitrogens with one attached hydrogen (secondary N) is 2. The first-order valence-electron chi connectivity index (χ1n) is 10.7. The van der Waals surface area contributed by atoms with Crippen molar-refractivity contribution in [2.75, 3.05) is 13.1 Å². The number of hydrogen-bond acceptors (Lipinski definition) is 4. The molecule has 8 heteroatoms. The number of ether oxygens (including phenoxy) is 1. The van der Waals surface area contributed by atoms with Crippen LogP contribution in [0.15, 0.2) is 24.3 Å². The lowest BCUT2D eigenvalue weighted by atomic mass is 10.2. The zero-order chi connectivity index (χ0) is 23.8. The van der Waals surface area contributed by atoms with Gasteiger partial charge in [0, 0.05) is 12.6 Å². The lowest BCUT2D eigenvalue weighted by Crippen LogP contribution is -2.49. The van der Waals surface area contributed by atoms with E-state index in [4.69, 9.17) is 4.74 Å². The van der Waals surface area contributed by atoms with E-state index in [2.05, 4.69) is 23.5 Å². The molecule has 1 aliphatic carbocycles. The van der Waals surface area contributed by atoms with E-state index in [1.807, 2.05) is 27.7 Å². The molecular weight excluding hydrogens is 401 g/mol. The van der Waals surface area contributed by atoms with Crippen LogP contribution in [0.5, 0.6) is 5.75 Å². The summed E-state index contributed by atoms with van der Waals surface area (Å²) in [6.07, 6.45) is 10.6. The summed E-state index contributed by atoms with van der Waals surface area (Å²) in [5.74, 6) is -0.714. The van der Waals surface area contributed by atoms with Gasteiger partial charge < -0.3 is 20.3 Å². The Morgan fingerprint density at radius 1 is 1.06 bits per heavy atom. The SMILES string of the molecule is C#C.CC.CC.O=C(NCC(=O)N1CCC[C@H]1C(=O)NC1CC1)Oc1ccc(F)cc1. The molecule has 0 spiro atoms. The predicted molar refractivity (Wildman–Crippen MR) is 119 cm³/mol. The van der Waals surface area contributed by atoms with Crippen molar-refractivity contribution in [3.63, 3.8) is 0 Å². The summed E-state index contributed by atoms with van der Waals surface area (Å²) < 4.78 is 17.7. The van der Waals surface area contributed by atoms with Gasteiger partial charge >= 0.3 is 6.09 Å². The van der Waals surface area contributed by atoms with Crippen LogP contribution in [-0.2, 0) is 9.59 Å². The molecule has 1 atom stereocenters. The first-order chi connectivity index (χ1) is 15.0. The molecular formula is C23H34FN3O4. The fraction of sp³-hybridized carbons (Fsp3) is 0.522. The number of hydrogen-bond donors (Lipinski definition) is 2. The fourth-order valence-electron chi connectivity index (χ4n) is 2.76. The van der Waals surface area contributed by atoms with Crippen LogP contribution in [0, 0.1) is 18.7 Å². The Morgan fingerprint density at radius 3 is 2.19 bits per heavy atom. The third kappa shape index (κ3) is 9.98. The Balaban J connectivity index is 0.00000138. The van der Waals surface area contributed by atoms with Gasteiger partial charge in [0.05, 0.1) is 0 Å². The molecule has 2 N–H and O–H groups in total. The third-order valence-electron chi connectivity index (χ3n) is 4.21. The van der Waals surface area contributed by atoms with Crippen molar-refractivity contribution in [2.45, 2.75) is 65.5 Å². The molecule has 3 rings (SSSR count). The molecule has 1 heterocycles. The molecule has 1 saturated heterocycles. The van der Waals surface area contributed by atoms with E-state index in [9.17, 15) is 18.8 Å². The van der Waals surface area contributed by atoms with E-state index >= 15 is 0 Å². The van der Waals surface area contributed by atoms with Crippen LogP contribution in [-0.4, -0.2) is 48.0 Å². The summed E-state index contributed by atoms with van der Waals surface area (Å²) in [5, 5.41) is 5.26. The predicted octanol–water partition coefficient (Wildman–Crippen LogP) is 3.49. The Labute approximate surface area is 184 Å². The highest BCUT2D eigenvalue weighted by Crippen LogP contribution is 2.22. The maximum atomic E-state index is 12.8. The van der Waals surface area contributed by atoms with Gasteiger partial charge in [-0.1, -0.05) is 27.7 Å². The van der Waals surface area contributed by atoms with Gasteiger partial charge in [-0.3, -0.25) is 9.59 Å². The van der Waals surface area contributed by atoms with Crippen molar-refractivity contribution >= 4 is 17.9 Å². The lowest BCUT2D eigenvalue weighted by Gasteiger charge is -2.24. The van der Waals surface area contributed by atoms with Gasteiger partial charge in [0.25, 0.3) is 0 Å². The van der Waals surface area contributed by atoms with Crippen molar-refractivity contribution in [2.24, 2.45) is 0 Å². The number of nitrogens with zero attached hydrogens (tertiary/aromatic N) is 1. The molecule has 0 radical (unpaired) electrons.